The molecule has 18 heavy (non-hydrogen) atoms. The van der Waals surface area contributed by atoms with Gasteiger partial charge in [-0.15, -0.1) is 0 Å². The fraction of sp³-hybridized carbons (Fsp3) is 1.00. The monoisotopic (exact) mass is 255 g/mol. The number of piperidine rings is 1. The van der Waals surface area contributed by atoms with Gasteiger partial charge >= 0.3 is 0 Å². The van der Waals surface area contributed by atoms with Crippen molar-refractivity contribution in [3.05, 3.63) is 0 Å². The summed E-state index contributed by atoms with van der Waals surface area (Å²) in [5.41, 5.74) is 3.33. The lowest BCUT2D eigenvalue weighted by Gasteiger charge is -2.48. The second-order valence-corrected chi connectivity index (χ2v) is 5.97. The number of nitrogens with one attached hydrogen (secondary N) is 1. The Bertz CT molecular complexity index is 214. The first-order chi connectivity index (χ1) is 8.69. The maximum absolute atomic E-state index is 5.85. The van der Waals surface area contributed by atoms with E-state index in [0.29, 0.717) is 6.04 Å². The van der Waals surface area contributed by atoms with Crippen LogP contribution in [0, 0.1) is 0 Å². The first kappa shape index (κ1) is 15.9. The van der Waals surface area contributed by atoms with Crippen LogP contribution in [0.2, 0.25) is 0 Å². The molecule has 1 heterocycles. The molecule has 0 aliphatic carbocycles. The van der Waals surface area contributed by atoms with Gasteiger partial charge in [0.2, 0.25) is 0 Å². The van der Waals surface area contributed by atoms with E-state index in [4.69, 9.17) is 5.84 Å². The van der Waals surface area contributed by atoms with Gasteiger partial charge in [0.25, 0.3) is 0 Å². The third-order valence-electron chi connectivity index (χ3n) is 4.84. The zero-order valence-electron chi connectivity index (χ0n) is 12.7. The molecule has 0 aromatic heterocycles. The van der Waals surface area contributed by atoms with Crippen LogP contribution in [0.15, 0.2) is 0 Å². The summed E-state index contributed by atoms with van der Waals surface area (Å²) in [5.74, 6) is 5.85. The van der Waals surface area contributed by atoms with E-state index >= 15 is 0 Å². The van der Waals surface area contributed by atoms with Crippen LogP contribution in [0.25, 0.3) is 0 Å². The molecular weight excluding hydrogens is 222 g/mol. The summed E-state index contributed by atoms with van der Waals surface area (Å²) < 4.78 is 0. The molecule has 108 valence electrons. The molecule has 2 unspecified atom stereocenters. The average Bonchev–Trinajstić information content (AvgIpc) is 2.44. The smallest absolute Gasteiger partial charge is 0.0392 e. The van der Waals surface area contributed by atoms with E-state index in [0.717, 1.165) is 0 Å². The number of likely N-dealkylation sites (tertiary alicyclic amines) is 1. The Morgan fingerprint density at radius 3 is 2.33 bits per heavy atom. The number of nitrogens with two attached hydrogens (primary N) is 1. The molecule has 0 aromatic rings. The first-order valence-electron chi connectivity index (χ1n) is 7.90. The highest BCUT2D eigenvalue weighted by molar-refractivity contribution is 4.96. The van der Waals surface area contributed by atoms with Crippen molar-refractivity contribution in [1.82, 2.24) is 10.3 Å². The Labute approximate surface area is 113 Å². The highest BCUT2D eigenvalue weighted by Crippen LogP contribution is 2.29. The molecule has 1 aliphatic heterocycles. The molecule has 0 saturated carbocycles. The summed E-state index contributed by atoms with van der Waals surface area (Å²) in [6, 6.07) is 0.423. The fourth-order valence-electron chi connectivity index (χ4n) is 3.27. The van der Waals surface area contributed by atoms with E-state index < -0.39 is 0 Å². The van der Waals surface area contributed by atoms with Crippen LogP contribution in [-0.2, 0) is 0 Å². The molecule has 0 amide bonds. The van der Waals surface area contributed by atoms with Gasteiger partial charge in [-0.25, -0.2) is 0 Å². The van der Waals surface area contributed by atoms with Crippen molar-refractivity contribution in [3.8, 4) is 0 Å². The average molecular weight is 255 g/mol. The van der Waals surface area contributed by atoms with Gasteiger partial charge in [-0.05, 0) is 45.7 Å². The molecule has 0 bridgehead atoms. The molecule has 0 spiro atoms. The number of unbranched alkanes of at least 4 members (excludes halogenated alkanes) is 2. The number of rotatable bonds is 8. The molecule has 0 radical (unpaired) electrons. The summed E-state index contributed by atoms with van der Waals surface area (Å²) >= 11 is 0. The number of hydrazine groups is 1. The predicted octanol–water partition coefficient (Wildman–Crippen LogP) is 3.05. The van der Waals surface area contributed by atoms with E-state index in [9.17, 15) is 0 Å². The van der Waals surface area contributed by atoms with E-state index in [-0.39, 0.29) is 5.54 Å². The van der Waals surface area contributed by atoms with Crippen molar-refractivity contribution in [1.29, 1.82) is 0 Å². The normalized spacial score (nSPS) is 22.7. The van der Waals surface area contributed by atoms with Crippen LogP contribution in [0.4, 0.5) is 0 Å². The van der Waals surface area contributed by atoms with Gasteiger partial charge in [0, 0.05) is 11.6 Å². The molecule has 1 rings (SSSR count). The summed E-state index contributed by atoms with van der Waals surface area (Å²) in [4.78, 5) is 2.67. The Morgan fingerprint density at radius 1 is 1.17 bits per heavy atom. The van der Waals surface area contributed by atoms with Gasteiger partial charge < -0.3 is 0 Å². The summed E-state index contributed by atoms with van der Waals surface area (Å²) in [7, 11) is 0. The predicted molar refractivity (Wildman–Crippen MR) is 79.4 cm³/mol. The van der Waals surface area contributed by atoms with E-state index in [1.54, 1.807) is 0 Å². The summed E-state index contributed by atoms with van der Waals surface area (Å²) in [6.07, 6.45) is 10.4. The SMILES string of the molecule is CCCCCC(NN)C(C)(CC)N1CCCCC1. The van der Waals surface area contributed by atoms with Crippen LogP contribution in [0.5, 0.6) is 0 Å². The van der Waals surface area contributed by atoms with E-state index in [2.05, 4.69) is 31.1 Å². The van der Waals surface area contributed by atoms with Crippen molar-refractivity contribution in [2.24, 2.45) is 5.84 Å². The van der Waals surface area contributed by atoms with Gasteiger partial charge in [-0.3, -0.25) is 16.2 Å². The molecule has 0 aromatic carbocycles. The Morgan fingerprint density at radius 2 is 1.83 bits per heavy atom. The zero-order valence-corrected chi connectivity index (χ0v) is 12.7. The van der Waals surface area contributed by atoms with Gasteiger partial charge in [0.15, 0.2) is 0 Å². The standard InChI is InChI=1S/C15H33N3/c1-4-6-8-11-14(17-16)15(3,5-2)18-12-9-7-10-13-18/h14,17H,4-13,16H2,1-3H3. The van der Waals surface area contributed by atoms with Gasteiger partial charge in [-0.1, -0.05) is 39.5 Å². The van der Waals surface area contributed by atoms with Crippen LogP contribution >= 0.6 is 0 Å². The molecule has 1 fully saturated rings. The van der Waals surface area contributed by atoms with Crippen molar-refractivity contribution >= 4 is 0 Å². The quantitative estimate of drug-likeness (QED) is 0.398. The highest BCUT2D eigenvalue weighted by Gasteiger charge is 2.37. The lowest BCUT2D eigenvalue weighted by Crippen LogP contribution is -2.61. The molecular formula is C15H33N3. The zero-order chi connectivity index (χ0) is 13.4. The largest absolute Gasteiger partial charge is 0.296 e. The molecule has 1 saturated heterocycles. The molecule has 3 nitrogen and oxygen atoms in total. The lowest BCUT2D eigenvalue weighted by atomic mass is 9.83. The second-order valence-electron chi connectivity index (χ2n) is 5.97. The third-order valence-corrected chi connectivity index (χ3v) is 4.84. The molecule has 3 heteroatoms. The first-order valence-corrected chi connectivity index (χ1v) is 7.90. The molecule has 3 N–H and O–H groups in total. The van der Waals surface area contributed by atoms with Crippen LogP contribution in [0.3, 0.4) is 0 Å². The molecule has 2 atom stereocenters. The Balaban J connectivity index is 2.62. The van der Waals surface area contributed by atoms with Crippen LogP contribution < -0.4 is 11.3 Å². The van der Waals surface area contributed by atoms with Crippen LogP contribution in [0.1, 0.15) is 72.1 Å². The maximum atomic E-state index is 5.85. The second kappa shape index (κ2) is 8.13. The third kappa shape index (κ3) is 3.94. The van der Waals surface area contributed by atoms with Gasteiger partial charge in [0.05, 0.1) is 0 Å². The topological polar surface area (TPSA) is 41.3 Å². The minimum atomic E-state index is 0.225. The summed E-state index contributed by atoms with van der Waals surface area (Å²) in [6.45, 7) is 9.45. The number of hydrogen-bond acceptors (Lipinski definition) is 3. The van der Waals surface area contributed by atoms with Crippen molar-refractivity contribution in [3.63, 3.8) is 0 Å². The van der Waals surface area contributed by atoms with E-state index in [1.807, 2.05) is 0 Å². The lowest BCUT2D eigenvalue weighted by molar-refractivity contribution is 0.0394. The van der Waals surface area contributed by atoms with Crippen molar-refractivity contribution in [2.75, 3.05) is 13.1 Å². The maximum Gasteiger partial charge on any atom is 0.0392 e. The minimum Gasteiger partial charge on any atom is -0.296 e. The van der Waals surface area contributed by atoms with Crippen molar-refractivity contribution in [2.45, 2.75) is 83.7 Å². The Hall–Kier alpha value is -0.120. The Kier molecular flexibility index (Phi) is 7.20. The van der Waals surface area contributed by atoms with Gasteiger partial charge in [-0.2, -0.15) is 0 Å². The highest BCUT2D eigenvalue weighted by atomic mass is 15.3. The van der Waals surface area contributed by atoms with E-state index in [1.165, 1.54) is 64.5 Å². The van der Waals surface area contributed by atoms with Crippen molar-refractivity contribution < 1.29 is 0 Å². The number of hydrogen-bond donors (Lipinski definition) is 2. The molecule has 1 aliphatic rings. The number of nitrogens with zero attached hydrogens (tertiary/aromatic N) is 1. The fourth-order valence-corrected chi connectivity index (χ4v) is 3.27. The van der Waals surface area contributed by atoms with Crippen LogP contribution in [-0.4, -0.2) is 29.6 Å². The van der Waals surface area contributed by atoms with Gasteiger partial charge in [0.1, 0.15) is 0 Å². The minimum absolute atomic E-state index is 0.225. The summed E-state index contributed by atoms with van der Waals surface area (Å²) in [5, 5.41) is 0.